The Morgan fingerprint density at radius 2 is 1.72 bits per heavy atom. The molecule has 0 radical (unpaired) electrons. The van der Waals surface area contributed by atoms with Gasteiger partial charge >= 0.3 is 0 Å². The normalized spacial score (nSPS) is 10.4. The Labute approximate surface area is 107 Å². The third kappa shape index (κ3) is 3.17. The van der Waals surface area contributed by atoms with Gasteiger partial charge in [0, 0.05) is 11.6 Å². The van der Waals surface area contributed by atoms with Crippen LogP contribution in [0.1, 0.15) is 5.56 Å². The minimum atomic E-state index is -0.570. The summed E-state index contributed by atoms with van der Waals surface area (Å²) in [6.07, 6.45) is 0. The zero-order chi connectivity index (χ0) is 13.1. The molecule has 94 valence electrons. The lowest BCUT2D eigenvalue weighted by Gasteiger charge is -2.08. The van der Waals surface area contributed by atoms with E-state index >= 15 is 0 Å². The molecule has 0 aromatic heterocycles. The van der Waals surface area contributed by atoms with Gasteiger partial charge in [-0.05, 0) is 42.0 Å². The van der Waals surface area contributed by atoms with Crippen molar-refractivity contribution in [3.8, 4) is 0 Å². The van der Waals surface area contributed by atoms with Crippen LogP contribution in [0.2, 0.25) is 5.02 Å². The van der Waals surface area contributed by atoms with Gasteiger partial charge in [-0.1, -0.05) is 11.6 Å². The third-order valence-corrected chi connectivity index (χ3v) is 2.55. The molecule has 2 rings (SSSR count). The lowest BCUT2D eigenvalue weighted by Crippen LogP contribution is -2.02. The second-order valence-corrected chi connectivity index (χ2v) is 4.19. The molecular weight excluding hydrogens is 263 g/mol. The van der Waals surface area contributed by atoms with E-state index in [0.717, 1.165) is 18.2 Å². The highest BCUT2D eigenvalue weighted by Crippen LogP contribution is 2.18. The second kappa shape index (κ2) is 5.31. The van der Waals surface area contributed by atoms with Crippen LogP contribution in [0.4, 0.5) is 18.9 Å². The maximum Gasteiger partial charge on any atom is 0.146 e. The van der Waals surface area contributed by atoms with Gasteiger partial charge in [-0.25, -0.2) is 13.2 Å². The lowest BCUT2D eigenvalue weighted by molar-refractivity contribution is 0.602. The molecule has 0 amide bonds. The quantitative estimate of drug-likeness (QED) is 0.874. The van der Waals surface area contributed by atoms with E-state index in [0.29, 0.717) is 5.56 Å². The molecule has 0 spiro atoms. The number of anilines is 1. The van der Waals surface area contributed by atoms with Crippen molar-refractivity contribution in [1.29, 1.82) is 0 Å². The Balaban J connectivity index is 2.13. The summed E-state index contributed by atoms with van der Waals surface area (Å²) in [5.74, 6) is -1.59. The molecule has 18 heavy (non-hydrogen) atoms. The molecule has 0 saturated carbocycles. The molecule has 0 unspecified atom stereocenters. The molecule has 1 N–H and O–H groups in total. The number of rotatable bonds is 3. The molecule has 0 aliphatic rings. The van der Waals surface area contributed by atoms with Gasteiger partial charge in [-0.15, -0.1) is 0 Å². The average Bonchev–Trinajstić information content (AvgIpc) is 2.29. The van der Waals surface area contributed by atoms with Crippen LogP contribution in [0.15, 0.2) is 36.4 Å². The highest BCUT2D eigenvalue weighted by atomic mass is 35.5. The van der Waals surface area contributed by atoms with Gasteiger partial charge in [0.1, 0.15) is 17.5 Å². The van der Waals surface area contributed by atoms with Gasteiger partial charge < -0.3 is 5.32 Å². The first kappa shape index (κ1) is 12.8. The molecule has 0 aliphatic carbocycles. The number of benzene rings is 2. The van der Waals surface area contributed by atoms with Gasteiger partial charge in [-0.2, -0.15) is 0 Å². The number of nitrogens with one attached hydrogen (secondary N) is 1. The number of halogens is 4. The van der Waals surface area contributed by atoms with E-state index in [1.165, 1.54) is 12.1 Å². The summed E-state index contributed by atoms with van der Waals surface area (Å²) in [6.45, 7) is 0.151. The van der Waals surface area contributed by atoms with Gasteiger partial charge in [0.25, 0.3) is 0 Å². The molecule has 0 saturated heterocycles. The second-order valence-electron chi connectivity index (χ2n) is 3.76. The lowest BCUT2D eigenvalue weighted by atomic mass is 10.2. The standard InChI is InChI=1S/C13H9ClF3N/c14-9-3-8(4-11(16)5-9)7-18-13-6-10(15)1-2-12(13)17/h1-6,18H,7H2. The number of hydrogen-bond acceptors (Lipinski definition) is 1. The Kier molecular flexibility index (Phi) is 3.77. The highest BCUT2D eigenvalue weighted by Gasteiger charge is 2.04. The summed E-state index contributed by atoms with van der Waals surface area (Å²) < 4.78 is 39.3. The van der Waals surface area contributed by atoms with Crippen LogP contribution in [-0.4, -0.2) is 0 Å². The zero-order valence-electron chi connectivity index (χ0n) is 9.18. The fraction of sp³-hybridized carbons (Fsp3) is 0.0769. The van der Waals surface area contributed by atoms with Crippen LogP contribution in [0.25, 0.3) is 0 Å². The molecule has 0 fully saturated rings. The van der Waals surface area contributed by atoms with E-state index in [2.05, 4.69) is 5.32 Å². The minimum absolute atomic E-state index is 0.0235. The van der Waals surface area contributed by atoms with E-state index in [1.54, 1.807) is 6.07 Å². The summed E-state index contributed by atoms with van der Waals surface area (Å²) in [5, 5.41) is 2.94. The Morgan fingerprint density at radius 1 is 0.944 bits per heavy atom. The summed E-state index contributed by atoms with van der Waals surface area (Å²) >= 11 is 5.69. The fourth-order valence-corrected chi connectivity index (χ4v) is 1.79. The molecule has 2 aromatic rings. The van der Waals surface area contributed by atoms with Crippen LogP contribution in [0, 0.1) is 17.5 Å². The summed E-state index contributed by atoms with van der Waals surface area (Å²) in [7, 11) is 0. The monoisotopic (exact) mass is 271 g/mol. The Hall–Kier alpha value is -1.68. The van der Waals surface area contributed by atoms with E-state index in [4.69, 9.17) is 11.6 Å². The number of hydrogen-bond donors (Lipinski definition) is 1. The van der Waals surface area contributed by atoms with E-state index in [9.17, 15) is 13.2 Å². The molecule has 0 heterocycles. The van der Waals surface area contributed by atoms with Crippen LogP contribution >= 0.6 is 11.6 Å². The van der Waals surface area contributed by atoms with Crippen molar-refractivity contribution in [2.45, 2.75) is 6.54 Å². The van der Waals surface area contributed by atoms with Gasteiger partial charge in [0.15, 0.2) is 0 Å². The first-order valence-electron chi connectivity index (χ1n) is 5.18. The van der Waals surface area contributed by atoms with Crippen LogP contribution in [-0.2, 0) is 6.54 Å². The highest BCUT2D eigenvalue weighted by molar-refractivity contribution is 6.30. The van der Waals surface area contributed by atoms with E-state index in [-0.39, 0.29) is 17.3 Å². The van der Waals surface area contributed by atoms with Crippen molar-refractivity contribution in [3.05, 3.63) is 64.4 Å². The van der Waals surface area contributed by atoms with E-state index in [1.807, 2.05) is 0 Å². The van der Waals surface area contributed by atoms with Crippen LogP contribution in [0.3, 0.4) is 0 Å². The molecule has 0 atom stereocenters. The minimum Gasteiger partial charge on any atom is -0.379 e. The predicted octanol–water partition coefficient (Wildman–Crippen LogP) is 4.37. The predicted molar refractivity (Wildman–Crippen MR) is 65.1 cm³/mol. The summed E-state index contributed by atoms with van der Waals surface area (Å²) in [6, 6.07) is 7.09. The molecule has 1 nitrogen and oxygen atoms in total. The molecule has 0 aliphatic heterocycles. The smallest absolute Gasteiger partial charge is 0.146 e. The average molecular weight is 272 g/mol. The van der Waals surface area contributed by atoms with Crippen molar-refractivity contribution in [3.63, 3.8) is 0 Å². The van der Waals surface area contributed by atoms with Gasteiger partial charge in [0.2, 0.25) is 0 Å². The maximum atomic E-state index is 13.3. The van der Waals surface area contributed by atoms with Crippen LogP contribution < -0.4 is 5.32 Å². The largest absolute Gasteiger partial charge is 0.379 e. The first-order chi connectivity index (χ1) is 8.54. The van der Waals surface area contributed by atoms with Crippen molar-refractivity contribution >= 4 is 17.3 Å². The molecular formula is C13H9ClF3N. The van der Waals surface area contributed by atoms with E-state index < -0.39 is 17.5 Å². The van der Waals surface area contributed by atoms with Crippen molar-refractivity contribution in [2.75, 3.05) is 5.32 Å². The topological polar surface area (TPSA) is 12.0 Å². The maximum absolute atomic E-state index is 13.3. The first-order valence-corrected chi connectivity index (χ1v) is 5.56. The third-order valence-electron chi connectivity index (χ3n) is 2.33. The summed E-state index contributed by atoms with van der Waals surface area (Å²) in [4.78, 5) is 0. The summed E-state index contributed by atoms with van der Waals surface area (Å²) in [5.41, 5.74) is 0.569. The van der Waals surface area contributed by atoms with Gasteiger partial charge in [0.05, 0.1) is 5.69 Å². The van der Waals surface area contributed by atoms with Crippen LogP contribution in [0.5, 0.6) is 0 Å². The van der Waals surface area contributed by atoms with Crippen molar-refractivity contribution in [1.82, 2.24) is 0 Å². The molecule has 5 heteroatoms. The fourth-order valence-electron chi connectivity index (χ4n) is 1.54. The Morgan fingerprint density at radius 3 is 2.44 bits per heavy atom. The van der Waals surface area contributed by atoms with Crippen molar-refractivity contribution < 1.29 is 13.2 Å². The van der Waals surface area contributed by atoms with Gasteiger partial charge in [-0.3, -0.25) is 0 Å². The molecule has 0 bridgehead atoms. The molecule has 2 aromatic carbocycles. The SMILES string of the molecule is Fc1cc(Cl)cc(CNc2cc(F)ccc2F)c1. The van der Waals surface area contributed by atoms with Crippen molar-refractivity contribution in [2.24, 2.45) is 0 Å². The zero-order valence-corrected chi connectivity index (χ0v) is 9.94. The Bertz CT molecular complexity index is 552.